The zero-order valence-electron chi connectivity index (χ0n) is 12.4. The van der Waals surface area contributed by atoms with Gasteiger partial charge in [-0.3, -0.25) is 0 Å². The Hall–Kier alpha value is -1.35. The largest absolute Gasteiger partial charge is 0.348 e. The van der Waals surface area contributed by atoms with Crippen LogP contribution in [0, 0.1) is 12.7 Å². The van der Waals surface area contributed by atoms with Gasteiger partial charge in [0, 0.05) is 30.1 Å². The summed E-state index contributed by atoms with van der Waals surface area (Å²) in [7, 11) is 2.02. The molecule has 2 nitrogen and oxygen atoms in total. The number of fused-ring (bicyclic) bond motifs is 1. The summed E-state index contributed by atoms with van der Waals surface area (Å²) in [6.45, 7) is 2.82. The van der Waals surface area contributed by atoms with E-state index in [1.165, 1.54) is 35.9 Å². The van der Waals surface area contributed by atoms with Gasteiger partial charge in [0.1, 0.15) is 5.82 Å². The molecule has 0 saturated heterocycles. The second kappa shape index (κ2) is 4.88. The second-order valence-corrected chi connectivity index (χ2v) is 6.23. The molecule has 20 heavy (non-hydrogen) atoms. The van der Waals surface area contributed by atoms with Crippen LogP contribution in [0.25, 0.3) is 10.9 Å². The van der Waals surface area contributed by atoms with Crippen LogP contribution in [0.2, 0.25) is 0 Å². The SMILES string of the molecule is Cc1c(C2(CN)CCCCC2)c2ccc(F)cc2n1C. The Morgan fingerprint density at radius 3 is 2.60 bits per heavy atom. The Kier molecular flexibility index (Phi) is 3.33. The molecule has 2 aromatic rings. The van der Waals surface area contributed by atoms with Gasteiger partial charge in [0.25, 0.3) is 0 Å². The zero-order valence-corrected chi connectivity index (χ0v) is 12.4. The Balaban J connectivity index is 2.27. The van der Waals surface area contributed by atoms with Crippen LogP contribution in [-0.4, -0.2) is 11.1 Å². The Morgan fingerprint density at radius 2 is 1.95 bits per heavy atom. The lowest BCUT2D eigenvalue weighted by Gasteiger charge is -2.37. The van der Waals surface area contributed by atoms with E-state index >= 15 is 0 Å². The molecule has 1 aliphatic rings. The number of nitrogens with two attached hydrogens (primary N) is 1. The molecule has 0 unspecified atom stereocenters. The Bertz CT molecular complexity index is 636. The van der Waals surface area contributed by atoms with Gasteiger partial charge in [0.15, 0.2) is 0 Å². The van der Waals surface area contributed by atoms with Crippen molar-refractivity contribution < 1.29 is 4.39 Å². The molecule has 0 amide bonds. The zero-order chi connectivity index (χ0) is 14.3. The van der Waals surface area contributed by atoms with E-state index in [4.69, 9.17) is 5.73 Å². The van der Waals surface area contributed by atoms with Gasteiger partial charge >= 0.3 is 0 Å². The van der Waals surface area contributed by atoms with E-state index in [9.17, 15) is 4.39 Å². The van der Waals surface area contributed by atoms with Crippen LogP contribution in [0.4, 0.5) is 4.39 Å². The van der Waals surface area contributed by atoms with E-state index in [2.05, 4.69) is 11.5 Å². The van der Waals surface area contributed by atoms with E-state index in [0.717, 1.165) is 18.4 Å². The molecule has 3 heteroatoms. The number of aromatic nitrogens is 1. The van der Waals surface area contributed by atoms with Crippen LogP contribution < -0.4 is 5.73 Å². The number of benzene rings is 1. The lowest BCUT2D eigenvalue weighted by molar-refractivity contribution is 0.301. The smallest absolute Gasteiger partial charge is 0.125 e. The number of hydrogen-bond acceptors (Lipinski definition) is 1. The molecule has 0 aliphatic heterocycles. The molecular weight excluding hydrogens is 251 g/mol. The Labute approximate surface area is 119 Å². The monoisotopic (exact) mass is 274 g/mol. The van der Waals surface area contributed by atoms with Crippen molar-refractivity contribution in [3.63, 3.8) is 0 Å². The van der Waals surface area contributed by atoms with Crippen molar-refractivity contribution in [1.29, 1.82) is 0 Å². The number of hydrogen-bond donors (Lipinski definition) is 1. The second-order valence-electron chi connectivity index (χ2n) is 6.23. The highest BCUT2D eigenvalue weighted by Crippen LogP contribution is 2.44. The van der Waals surface area contributed by atoms with Crippen molar-refractivity contribution in [2.24, 2.45) is 12.8 Å². The summed E-state index contributed by atoms with van der Waals surface area (Å²) >= 11 is 0. The Morgan fingerprint density at radius 1 is 1.25 bits per heavy atom. The van der Waals surface area contributed by atoms with Crippen molar-refractivity contribution in [2.75, 3.05) is 6.54 Å². The molecule has 1 aromatic heterocycles. The first-order chi connectivity index (χ1) is 9.59. The summed E-state index contributed by atoms with van der Waals surface area (Å²) in [6, 6.07) is 5.14. The number of halogens is 1. The average Bonchev–Trinajstić information content (AvgIpc) is 2.72. The van der Waals surface area contributed by atoms with E-state index in [-0.39, 0.29) is 11.2 Å². The van der Waals surface area contributed by atoms with Crippen molar-refractivity contribution >= 4 is 10.9 Å². The number of nitrogens with zero attached hydrogens (tertiary/aromatic N) is 1. The third-order valence-electron chi connectivity index (χ3n) is 5.19. The lowest BCUT2D eigenvalue weighted by Crippen LogP contribution is -2.37. The number of aryl methyl sites for hydroxylation is 1. The molecule has 0 spiro atoms. The molecule has 0 atom stereocenters. The summed E-state index contributed by atoms with van der Waals surface area (Å²) in [5.74, 6) is -0.171. The number of rotatable bonds is 2. The standard InChI is InChI=1S/C17H23FN2/c1-12-16(17(11-19)8-4-3-5-9-17)14-7-6-13(18)10-15(14)20(12)2/h6-7,10H,3-5,8-9,11,19H2,1-2H3. The normalized spacial score (nSPS) is 18.6. The van der Waals surface area contributed by atoms with Crippen molar-refractivity contribution in [1.82, 2.24) is 4.57 Å². The molecule has 1 heterocycles. The van der Waals surface area contributed by atoms with Crippen molar-refractivity contribution in [3.05, 3.63) is 35.3 Å². The van der Waals surface area contributed by atoms with E-state index in [0.29, 0.717) is 6.54 Å². The lowest BCUT2D eigenvalue weighted by atomic mass is 9.68. The maximum atomic E-state index is 13.5. The molecular formula is C17H23FN2. The summed E-state index contributed by atoms with van der Waals surface area (Å²) in [6.07, 6.45) is 6.10. The minimum Gasteiger partial charge on any atom is -0.348 e. The van der Waals surface area contributed by atoms with E-state index < -0.39 is 0 Å². The molecule has 1 aromatic carbocycles. The summed E-state index contributed by atoms with van der Waals surface area (Å²) in [4.78, 5) is 0. The van der Waals surface area contributed by atoms with Crippen molar-refractivity contribution in [3.8, 4) is 0 Å². The maximum Gasteiger partial charge on any atom is 0.125 e. The molecule has 0 radical (unpaired) electrons. The van der Waals surface area contributed by atoms with Gasteiger partial charge in [-0.15, -0.1) is 0 Å². The summed E-state index contributed by atoms with van der Waals surface area (Å²) < 4.78 is 15.6. The van der Waals surface area contributed by atoms with Gasteiger partial charge in [-0.05, 0) is 43.5 Å². The van der Waals surface area contributed by atoms with Gasteiger partial charge in [-0.2, -0.15) is 0 Å². The minimum atomic E-state index is -0.171. The average molecular weight is 274 g/mol. The molecule has 1 aliphatic carbocycles. The van der Waals surface area contributed by atoms with E-state index in [1.54, 1.807) is 12.1 Å². The highest BCUT2D eigenvalue weighted by atomic mass is 19.1. The molecule has 108 valence electrons. The highest BCUT2D eigenvalue weighted by molar-refractivity contribution is 5.86. The highest BCUT2D eigenvalue weighted by Gasteiger charge is 2.36. The van der Waals surface area contributed by atoms with Gasteiger partial charge in [0.05, 0.1) is 5.52 Å². The van der Waals surface area contributed by atoms with Gasteiger partial charge < -0.3 is 10.3 Å². The molecule has 1 fully saturated rings. The van der Waals surface area contributed by atoms with E-state index in [1.807, 2.05) is 13.1 Å². The molecule has 0 bridgehead atoms. The molecule has 3 rings (SSSR count). The molecule has 2 N–H and O–H groups in total. The molecule has 1 saturated carbocycles. The van der Waals surface area contributed by atoms with Crippen LogP contribution in [0.5, 0.6) is 0 Å². The van der Waals surface area contributed by atoms with Crippen LogP contribution >= 0.6 is 0 Å². The first kappa shape index (κ1) is 13.6. The van der Waals surface area contributed by atoms with Gasteiger partial charge in [0.2, 0.25) is 0 Å². The fourth-order valence-corrected chi connectivity index (χ4v) is 3.99. The maximum absolute atomic E-state index is 13.5. The minimum absolute atomic E-state index is 0.0830. The fourth-order valence-electron chi connectivity index (χ4n) is 3.99. The summed E-state index contributed by atoms with van der Waals surface area (Å²) in [5.41, 5.74) is 9.84. The summed E-state index contributed by atoms with van der Waals surface area (Å²) in [5, 5.41) is 1.18. The van der Waals surface area contributed by atoms with Crippen molar-refractivity contribution in [2.45, 2.75) is 44.4 Å². The first-order valence-electron chi connectivity index (χ1n) is 7.54. The quantitative estimate of drug-likeness (QED) is 0.887. The van der Waals surface area contributed by atoms with Crippen LogP contribution in [-0.2, 0) is 12.5 Å². The topological polar surface area (TPSA) is 30.9 Å². The van der Waals surface area contributed by atoms with Gasteiger partial charge in [-0.25, -0.2) is 4.39 Å². The predicted octanol–water partition coefficient (Wildman–Crippen LogP) is 3.79. The third kappa shape index (κ3) is 1.87. The third-order valence-corrected chi connectivity index (χ3v) is 5.19. The van der Waals surface area contributed by atoms with Gasteiger partial charge in [-0.1, -0.05) is 19.3 Å². The fraction of sp³-hybridized carbons (Fsp3) is 0.529. The first-order valence-corrected chi connectivity index (χ1v) is 7.54. The van der Waals surface area contributed by atoms with Crippen LogP contribution in [0.1, 0.15) is 43.4 Å². The predicted molar refractivity (Wildman–Crippen MR) is 81.4 cm³/mol. The van der Waals surface area contributed by atoms with Crippen LogP contribution in [0.15, 0.2) is 18.2 Å². The van der Waals surface area contributed by atoms with Crippen LogP contribution in [0.3, 0.4) is 0 Å².